The summed E-state index contributed by atoms with van der Waals surface area (Å²) < 4.78 is 0. The Morgan fingerprint density at radius 2 is 1.71 bits per heavy atom. The van der Waals surface area contributed by atoms with Crippen molar-refractivity contribution in [2.45, 2.75) is 13.0 Å². The fourth-order valence-electron chi connectivity index (χ4n) is 2.23. The molecule has 0 saturated carbocycles. The normalized spacial score (nSPS) is 11.9. The summed E-state index contributed by atoms with van der Waals surface area (Å²) in [5.74, 6) is -0.0403. The molecule has 110 valence electrons. The van der Waals surface area contributed by atoms with Crippen molar-refractivity contribution in [3.05, 3.63) is 53.6 Å². The number of carbonyl (C=O) groups is 1. The van der Waals surface area contributed by atoms with Gasteiger partial charge in [-0.3, -0.25) is 4.79 Å². The topological polar surface area (TPSA) is 92.6 Å². The highest BCUT2D eigenvalue weighted by atomic mass is 16.3. The van der Waals surface area contributed by atoms with E-state index in [2.05, 4.69) is 0 Å². The number of phenolic OH excluding ortho intramolecular Hbond substituents is 1. The number of amides is 1. The molecule has 0 saturated heterocycles. The van der Waals surface area contributed by atoms with Gasteiger partial charge < -0.3 is 21.5 Å². The number of anilines is 2. The number of nitrogens with two attached hydrogens (primary N) is 2. The second kappa shape index (κ2) is 5.75. The summed E-state index contributed by atoms with van der Waals surface area (Å²) in [6, 6.07) is 11.5. The Kier molecular flexibility index (Phi) is 4.03. The standard InChI is InChI=1S/C16H19N3O2/c1-10(14-5-3-4-6-15(14)20)19(2)16(21)11-7-12(17)9-13(18)8-11/h3-10,20H,17-18H2,1-2H3. The fourth-order valence-corrected chi connectivity index (χ4v) is 2.23. The molecule has 0 aliphatic rings. The minimum Gasteiger partial charge on any atom is -0.508 e. The van der Waals surface area contributed by atoms with Gasteiger partial charge in [-0.05, 0) is 31.2 Å². The lowest BCUT2D eigenvalue weighted by atomic mass is 10.0. The van der Waals surface area contributed by atoms with Gasteiger partial charge in [0.15, 0.2) is 0 Å². The average Bonchev–Trinajstić information content (AvgIpc) is 2.44. The summed E-state index contributed by atoms with van der Waals surface area (Å²) in [5.41, 5.74) is 13.4. The van der Waals surface area contributed by atoms with Crippen LogP contribution in [0.3, 0.4) is 0 Å². The molecule has 21 heavy (non-hydrogen) atoms. The van der Waals surface area contributed by atoms with Crippen molar-refractivity contribution in [3.8, 4) is 5.75 Å². The molecule has 2 aromatic carbocycles. The van der Waals surface area contributed by atoms with Crippen LogP contribution >= 0.6 is 0 Å². The molecule has 5 nitrogen and oxygen atoms in total. The molecule has 0 aromatic heterocycles. The largest absolute Gasteiger partial charge is 0.508 e. The second-order valence-electron chi connectivity index (χ2n) is 5.04. The lowest BCUT2D eigenvalue weighted by Gasteiger charge is -2.26. The first-order chi connectivity index (χ1) is 9.90. The van der Waals surface area contributed by atoms with E-state index >= 15 is 0 Å². The fraction of sp³-hybridized carbons (Fsp3) is 0.188. The third-order valence-electron chi connectivity index (χ3n) is 3.51. The molecule has 0 radical (unpaired) electrons. The molecular formula is C16H19N3O2. The molecule has 0 spiro atoms. The Labute approximate surface area is 123 Å². The van der Waals surface area contributed by atoms with Crippen molar-refractivity contribution in [3.63, 3.8) is 0 Å². The van der Waals surface area contributed by atoms with Gasteiger partial charge >= 0.3 is 0 Å². The Morgan fingerprint density at radius 1 is 1.14 bits per heavy atom. The molecular weight excluding hydrogens is 266 g/mol. The van der Waals surface area contributed by atoms with Crippen LogP contribution in [0.1, 0.15) is 28.9 Å². The van der Waals surface area contributed by atoms with E-state index in [4.69, 9.17) is 11.5 Å². The number of nitrogen functional groups attached to an aromatic ring is 2. The molecule has 0 heterocycles. The van der Waals surface area contributed by atoms with Gasteiger partial charge in [-0.2, -0.15) is 0 Å². The van der Waals surface area contributed by atoms with Gasteiger partial charge in [0.05, 0.1) is 6.04 Å². The molecule has 0 bridgehead atoms. The Balaban J connectivity index is 2.28. The highest BCUT2D eigenvalue weighted by Gasteiger charge is 2.21. The van der Waals surface area contributed by atoms with Gasteiger partial charge in [0.1, 0.15) is 5.75 Å². The van der Waals surface area contributed by atoms with Crippen molar-refractivity contribution in [2.75, 3.05) is 18.5 Å². The van der Waals surface area contributed by atoms with E-state index in [1.165, 1.54) is 0 Å². The third kappa shape index (κ3) is 3.08. The summed E-state index contributed by atoms with van der Waals surface area (Å²) in [6.07, 6.45) is 0. The molecule has 0 fully saturated rings. The molecule has 5 heteroatoms. The molecule has 1 unspecified atom stereocenters. The average molecular weight is 285 g/mol. The molecule has 2 rings (SSSR count). The van der Waals surface area contributed by atoms with E-state index in [-0.39, 0.29) is 17.7 Å². The van der Waals surface area contributed by atoms with Crippen molar-refractivity contribution >= 4 is 17.3 Å². The van der Waals surface area contributed by atoms with Crippen LogP contribution in [0.15, 0.2) is 42.5 Å². The first-order valence-electron chi connectivity index (χ1n) is 6.61. The smallest absolute Gasteiger partial charge is 0.254 e. The Hall–Kier alpha value is -2.69. The minimum absolute atomic E-state index is 0.164. The van der Waals surface area contributed by atoms with E-state index in [9.17, 15) is 9.90 Å². The molecule has 0 aliphatic carbocycles. The van der Waals surface area contributed by atoms with Gasteiger partial charge in [-0.25, -0.2) is 0 Å². The number of carbonyl (C=O) groups excluding carboxylic acids is 1. The van der Waals surface area contributed by atoms with Gasteiger partial charge in [-0.15, -0.1) is 0 Å². The first-order valence-corrected chi connectivity index (χ1v) is 6.61. The quantitative estimate of drug-likeness (QED) is 0.755. The molecule has 2 aromatic rings. The highest BCUT2D eigenvalue weighted by Crippen LogP contribution is 2.28. The maximum Gasteiger partial charge on any atom is 0.254 e. The minimum atomic E-state index is -0.277. The van der Waals surface area contributed by atoms with Crippen molar-refractivity contribution in [1.82, 2.24) is 4.90 Å². The zero-order chi connectivity index (χ0) is 15.6. The number of phenols is 1. The Morgan fingerprint density at radius 3 is 2.29 bits per heavy atom. The van der Waals surface area contributed by atoms with Crippen molar-refractivity contribution in [2.24, 2.45) is 0 Å². The Bertz CT molecular complexity index is 650. The number of benzene rings is 2. The molecule has 5 N–H and O–H groups in total. The van der Waals surface area contributed by atoms with Crippen LogP contribution in [-0.4, -0.2) is 23.0 Å². The van der Waals surface area contributed by atoms with Crippen LogP contribution in [0.5, 0.6) is 5.75 Å². The van der Waals surface area contributed by atoms with E-state index in [0.29, 0.717) is 22.5 Å². The number of para-hydroxylation sites is 1. The molecule has 1 amide bonds. The SMILES string of the molecule is CC(c1ccccc1O)N(C)C(=O)c1cc(N)cc(N)c1. The third-order valence-corrected chi connectivity index (χ3v) is 3.51. The summed E-state index contributed by atoms with van der Waals surface area (Å²) in [4.78, 5) is 14.1. The number of aromatic hydroxyl groups is 1. The number of hydrogen-bond donors (Lipinski definition) is 3. The predicted octanol–water partition coefficient (Wildman–Crippen LogP) is 2.39. The van der Waals surface area contributed by atoms with Gasteiger partial charge in [0, 0.05) is 29.5 Å². The van der Waals surface area contributed by atoms with Crippen molar-refractivity contribution < 1.29 is 9.90 Å². The lowest BCUT2D eigenvalue weighted by Crippen LogP contribution is -2.29. The van der Waals surface area contributed by atoms with Crippen LogP contribution in [0.4, 0.5) is 11.4 Å². The number of nitrogens with zero attached hydrogens (tertiary/aromatic N) is 1. The van der Waals surface area contributed by atoms with Crippen LogP contribution in [0.2, 0.25) is 0 Å². The zero-order valence-corrected chi connectivity index (χ0v) is 12.1. The zero-order valence-electron chi connectivity index (χ0n) is 12.1. The number of hydrogen-bond acceptors (Lipinski definition) is 4. The molecule has 1 atom stereocenters. The van der Waals surface area contributed by atoms with Gasteiger partial charge in [-0.1, -0.05) is 18.2 Å². The van der Waals surface area contributed by atoms with Gasteiger partial charge in [0.25, 0.3) is 5.91 Å². The lowest BCUT2D eigenvalue weighted by molar-refractivity contribution is 0.0741. The summed E-state index contributed by atoms with van der Waals surface area (Å²) >= 11 is 0. The maximum atomic E-state index is 12.5. The van der Waals surface area contributed by atoms with E-state index in [0.717, 1.165) is 0 Å². The van der Waals surface area contributed by atoms with Crippen LogP contribution in [0.25, 0.3) is 0 Å². The van der Waals surface area contributed by atoms with E-state index < -0.39 is 0 Å². The monoisotopic (exact) mass is 285 g/mol. The van der Waals surface area contributed by atoms with Crippen LogP contribution in [0, 0.1) is 0 Å². The first kappa shape index (κ1) is 14.7. The van der Waals surface area contributed by atoms with E-state index in [1.54, 1.807) is 48.3 Å². The predicted molar refractivity (Wildman–Crippen MR) is 83.9 cm³/mol. The maximum absolute atomic E-state index is 12.5. The van der Waals surface area contributed by atoms with Crippen LogP contribution < -0.4 is 11.5 Å². The summed E-state index contributed by atoms with van der Waals surface area (Å²) in [5, 5.41) is 9.89. The summed E-state index contributed by atoms with van der Waals surface area (Å²) in [7, 11) is 1.68. The van der Waals surface area contributed by atoms with Crippen molar-refractivity contribution in [1.29, 1.82) is 0 Å². The molecule has 0 aliphatic heterocycles. The van der Waals surface area contributed by atoms with Crippen LogP contribution in [-0.2, 0) is 0 Å². The summed E-state index contributed by atoms with van der Waals surface area (Å²) in [6.45, 7) is 1.85. The number of rotatable bonds is 3. The van der Waals surface area contributed by atoms with Gasteiger partial charge in [0.2, 0.25) is 0 Å². The highest BCUT2D eigenvalue weighted by molar-refractivity contribution is 5.96. The second-order valence-corrected chi connectivity index (χ2v) is 5.04. The van der Waals surface area contributed by atoms with E-state index in [1.807, 2.05) is 13.0 Å².